The van der Waals surface area contributed by atoms with Crippen molar-refractivity contribution in [1.82, 2.24) is 4.98 Å². The van der Waals surface area contributed by atoms with E-state index in [9.17, 15) is 9.59 Å². The van der Waals surface area contributed by atoms with Gasteiger partial charge in [-0.1, -0.05) is 0 Å². The fraction of sp³-hybridized carbons (Fsp3) is 0.500. The normalized spacial score (nSPS) is 10.1. The summed E-state index contributed by atoms with van der Waals surface area (Å²) in [4.78, 5) is 26.6. The molecule has 0 aliphatic rings. The van der Waals surface area contributed by atoms with Gasteiger partial charge in [0.2, 0.25) is 11.5 Å². The summed E-state index contributed by atoms with van der Waals surface area (Å²) < 4.78 is 18.9. The second-order valence-corrected chi connectivity index (χ2v) is 3.01. The Bertz CT molecular complexity index is 377. The van der Waals surface area contributed by atoms with Crippen molar-refractivity contribution in [2.75, 3.05) is 27.9 Å². The zero-order valence-corrected chi connectivity index (χ0v) is 9.81. The molecule has 0 N–H and O–H groups in total. The SMILES string of the molecule is COCCc1nc(C(=O)OC)c(C(=O)OC)o1. The molecule has 0 aromatic carbocycles. The maximum Gasteiger partial charge on any atom is 0.376 e. The third-order valence-corrected chi connectivity index (χ3v) is 1.94. The van der Waals surface area contributed by atoms with Crippen LogP contribution in [0.1, 0.15) is 26.9 Å². The lowest BCUT2D eigenvalue weighted by atomic mass is 10.3. The molecule has 0 spiro atoms. The standard InChI is InChI=1S/C10H13NO6/c1-14-5-4-6-11-7(9(12)15-2)8(17-6)10(13)16-3/h4-5H2,1-3H3. The largest absolute Gasteiger partial charge is 0.464 e. The topological polar surface area (TPSA) is 87.9 Å². The number of carbonyl (C=O) groups is 2. The number of aromatic nitrogens is 1. The van der Waals surface area contributed by atoms with Gasteiger partial charge in [0.15, 0.2) is 5.89 Å². The van der Waals surface area contributed by atoms with E-state index in [1.165, 1.54) is 21.3 Å². The lowest BCUT2D eigenvalue weighted by Gasteiger charge is -1.96. The summed E-state index contributed by atoms with van der Waals surface area (Å²) in [5.74, 6) is -1.57. The molecule has 7 nitrogen and oxygen atoms in total. The van der Waals surface area contributed by atoms with Crippen LogP contribution in [0.2, 0.25) is 0 Å². The number of methoxy groups -OCH3 is 3. The van der Waals surface area contributed by atoms with E-state index in [1.807, 2.05) is 0 Å². The molecule has 7 heteroatoms. The van der Waals surface area contributed by atoms with Gasteiger partial charge in [0.05, 0.1) is 20.8 Å². The second kappa shape index (κ2) is 6.00. The summed E-state index contributed by atoms with van der Waals surface area (Å²) >= 11 is 0. The van der Waals surface area contributed by atoms with Crippen molar-refractivity contribution in [2.24, 2.45) is 0 Å². The Morgan fingerprint density at radius 1 is 1.18 bits per heavy atom. The molecule has 94 valence electrons. The summed E-state index contributed by atoms with van der Waals surface area (Å²) in [7, 11) is 3.89. The average molecular weight is 243 g/mol. The van der Waals surface area contributed by atoms with Crippen LogP contribution in [-0.4, -0.2) is 44.9 Å². The van der Waals surface area contributed by atoms with Crippen molar-refractivity contribution in [3.05, 3.63) is 17.3 Å². The Hall–Kier alpha value is -1.89. The van der Waals surface area contributed by atoms with Crippen LogP contribution >= 0.6 is 0 Å². The average Bonchev–Trinajstić information content (AvgIpc) is 2.78. The zero-order valence-electron chi connectivity index (χ0n) is 9.81. The molecular weight excluding hydrogens is 230 g/mol. The van der Waals surface area contributed by atoms with Crippen molar-refractivity contribution < 1.29 is 28.2 Å². The van der Waals surface area contributed by atoms with Crippen molar-refractivity contribution in [3.8, 4) is 0 Å². The molecule has 0 atom stereocenters. The number of oxazole rings is 1. The summed E-state index contributed by atoms with van der Waals surface area (Å²) in [6.07, 6.45) is 0.345. The highest BCUT2D eigenvalue weighted by Gasteiger charge is 2.26. The summed E-state index contributed by atoms with van der Waals surface area (Å²) in [5.41, 5.74) is -0.189. The molecule has 1 heterocycles. The molecule has 0 saturated heterocycles. The van der Waals surface area contributed by atoms with Crippen molar-refractivity contribution in [1.29, 1.82) is 0 Å². The van der Waals surface area contributed by atoms with Gasteiger partial charge in [0.1, 0.15) is 0 Å². The van der Waals surface area contributed by atoms with Gasteiger partial charge in [-0.2, -0.15) is 0 Å². The van der Waals surface area contributed by atoms with Crippen molar-refractivity contribution in [3.63, 3.8) is 0 Å². The molecule has 1 rings (SSSR count). The molecule has 17 heavy (non-hydrogen) atoms. The molecule has 1 aromatic heterocycles. The highest BCUT2D eigenvalue weighted by atomic mass is 16.5. The van der Waals surface area contributed by atoms with Gasteiger partial charge in [0, 0.05) is 13.5 Å². The number of esters is 2. The number of nitrogens with zero attached hydrogens (tertiary/aromatic N) is 1. The minimum absolute atomic E-state index is 0.189. The van der Waals surface area contributed by atoms with Crippen LogP contribution in [0.5, 0.6) is 0 Å². The van der Waals surface area contributed by atoms with Crippen molar-refractivity contribution in [2.45, 2.75) is 6.42 Å². The highest BCUT2D eigenvalue weighted by Crippen LogP contribution is 2.14. The first-order valence-corrected chi connectivity index (χ1v) is 4.79. The Balaban J connectivity index is 3.03. The molecule has 0 radical (unpaired) electrons. The number of hydrogen-bond donors (Lipinski definition) is 0. The fourth-order valence-electron chi connectivity index (χ4n) is 1.13. The number of rotatable bonds is 5. The zero-order chi connectivity index (χ0) is 12.8. The molecule has 0 aliphatic heterocycles. The fourth-order valence-corrected chi connectivity index (χ4v) is 1.13. The van der Waals surface area contributed by atoms with E-state index in [2.05, 4.69) is 14.5 Å². The number of carbonyl (C=O) groups excluding carboxylic acids is 2. The third kappa shape index (κ3) is 3.04. The molecule has 1 aromatic rings. The van der Waals surface area contributed by atoms with E-state index in [0.717, 1.165) is 0 Å². The van der Waals surface area contributed by atoms with Crippen molar-refractivity contribution >= 4 is 11.9 Å². The number of ether oxygens (including phenoxy) is 3. The Morgan fingerprint density at radius 3 is 2.35 bits per heavy atom. The van der Waals surface area contributed by atoms with Gasteiger partial charge in [-0.05, 0) is 0 Å². The first kappa shape index (κ1) is 13.2. The van der Waals surface area contributed by atoms with E-state index < -0.39 is 11.9 Å². The monoisotopic (exact) mass is 243 g/mol. The minimum Gasteiger partial charge on any atom is -0.464 e. The number of hydrogen-bond acceptors (Lipinski definition) is 7. The molecule has 0 bridgehead atoms. The third-order valence-electron chi connectivity index (χ3n) is 1.94. The quantitative estimate of drug-likeness (QED) is 0.693. The van der Waals surface area contributed by atoms with E-state index in [1.54, 1.807) is 0 Å². The highest BCUT2D eigenvalue weighted by molar-refractivity contribution is 5.99. The van der Waals surface area contributed by atoms with Crippen LogP contribution in [0.4, 0.5) is 0 Å². The smallest absolute Gasteiger partial charge is 0.376 e. The summed E-state index contributed by atoms with van der Waals surface area (Å²) in [6.45, 7) is 0.363. The van der Waals surface area contributed by atoms with Crippen LogP contribution in [0, 0.1) is 0 Å². The lowest BCUT2D eigenvalue weighted by Crippen LogP contribution is -2.10. The molecule has 0 amide bonds. The molecule has 0 saturated carbocycles. The van der Waals surface area contributed by atoms with Gasteiger partial charge in [0.25, 0.3) is 0 Å². The van der Waals surface area contributed by atoms with Gasteiger partial charge in [-0.15, -0.1) is 0 Å². The predicted octanol–water partition coefficient (Wildman–Crippen LogP) is 0.437. The first-order chi connectivity index (χ1) is 8.13. The van der Waals surface area contributed by atoms with Crippen LogP contribution in [0.15, 0.2) is 4.42 Å². The van der Waals surface area contributed by atoms with Gasteiger partial charge < -0.3 is 18.6 Å². The van der Waals surface area contributed by atoms with Gasteiger partial charge in [-0.3, -0.25) is 0 Å². The molecule has 0 unspecified atom stereocenters. The van der Waals surface area contributed by atoms with E-state index in [4.69, 9.17) is 9.15 Å². The summed E-state index contributed by atoms with van der Waals surface area (Å²) in [6, 6.07) is 0. The van der Waals surface area contributed by atoms with E-state index in [-0.39, 0.29) is 17.3 Å². The maximum absolute atomic E-state index is 11.4. The van der Waals surface area contributed by atoms with Crippen LogP contribution < -0.4 is 0 Å². The molecule has 0 aliphatic carbocycles. The van der Waals surface area contributed by atoms with Gasteiger partial charge in [-0.25, -0.2) is 14.6 Å². The second-order valence-electron chi connectivity index (χ2n) is 3.01. The van der Waals surface area contributed by atoms with Crippen LogP contribution in [-0.2, 0) is 20.6 Å². The lowest BCUT2D eigenvalue weighted by molar-refractivity contribution is 0.0525. The minimum atomic E-state index is -0.776. The Labute approximate surface area is 97.7 Å². The Morgan fingerprint density at radius 2 is 1.82 bits per heavy atom. The van der Waals surface area contributed by atoms with E-state index in [0.29, 0.717) is 13.0 Å². The molecule has 0 fully saturated rings. The van der Waals surface area contributed by atoms with E-state index >= 15 is 0 Å². The van der Waals surface area contributed by atoms with Crippen LogP contribution in [0.25, 0.3) is 0 Å². The van der Waals surface area contributed by atoms with Gasteiger partial charge >= 0.3 is 11.9 Å². The van der Waals surface area contributed by atoms with Crippen LogP contribution in [0.3, 0.4) is 0 Å². The first-order valence-electron chi connectivity index (χ1n) is 4.79. The Kier molecular flexibility index (Phi) is 4.65. The maximum atomic E-state index is 11.4. The summed E-state index contributed by atoms with van der Waals surface area (Å²) in [5, 5.41) is 0. The molecular formula is C10H13NO6. The predicted molar refractivity (Wildman–Crippen MR) is 54.8 cm³/mol.